The summed E-state index contributed by atoms with van der Waals surface area (Å²) in [7, 11) is 0. The van der Waals surface area contributed by atoms with Gasteiger partial charge in [-0.1, -0.05) is 23.5 Å². The molecule has 0 N–H and O–H groups in total. The molecule has 0 aliphatic heterocycles. The van der Waals surface area contributed by atoms with Crippen molar-refractivity contribution in [2.45, 2.75) is 16.8 Å². The van der Waals surface area contributed by atoms with Crippen molar-refractivity contribution in [2.75, 3.05) is 0 Å². The Balaban J connectivity index is 1.69. The summed E-state index contributed by atoms with van der Waals surface area (Å²) in [6.07, 6.45) is 0. The Morgan fingerprint density at radius 2 is 0.947 bits per heavy atom. The molecule has 0 saturated heterocycles. The molecule has 0 saturated carbocycles. The molecule has 0 spiro atoms. The molecule has 3 heterocycles. The van der Waals surface area contributed by atoms with E-state index in [9.17, 15) is 0 Å². The van der Waals surface area contributed by atoms with Crippen LogP contribution in [0.1, 0.15) is 0 Å². The lowest BCUT2D eigenvalue weighted by Crippen LogP contribution is -1.56. The molecule has 0 radical (unpaired) electrons. The van der Waals surface area contributed by atoms with E-state index in [-0.39, 0.29) is 0 Å². The lowest BCUT2D eigenvalue weighted by molar-refractivity contribution is 1.64. The Labute approximate surface area is 148 Å². The SMILES string of the molecule is Brc1ccc(Sc2ccc(Sc3ccc(Br)s3)s2)s1. The Kier molecular flexibility index (Phi) is 5.16. The standard InChI is InChI=1S/C12H6Br2S5/c13-7-1-3-9(15-7)17-11-5-6-12(19-11)18-10-4-2-8(14)16-10/h1-6H. The van der Waals surface area contributed by atoms with Gasteiger partial charge in [-0.25, -0.2) is 0 Å². The predicted molar refractivity (Wildman–Crippen MR) is 96.6 cm³/mol. The maximum Gasteiger partial charge on any atom is 0.0710 e. The molecule has 3 aromatic rings. The molecule has 0 nitrogen and oxygen atoms in total. The molecule has 0 unspecified atom stereocenters. The van der Waals surface area contributed by atoms with Crippen molar-refractivity contribution in [3.63, 3.8) is 0 Å². The highest BCUT2D eigenvalue weighted by Crippen LogP contribution is 2.43. The minimum atomic E-state index is 1.18. The van der Waals surface area contributed by atoms with Crippen molar-refractivity contribution in [3.8, 4) is 0 Å². The molecule has 98 valence electrons. The molecular weight excluding hydrogens is 464 g/mol. The van der Waals surface area contributed by atoms with Crippen LogP contribution >= 0.6 is 89.4 Å². The second-order valence-corrected chi connectivity index (χ2v) is 12.6. The fourth-order valence-corrected chi connectivity index (χ4v) is 8.91. The fraction of sp³-hybridized carbons (Fsp3) is 0. The summed E-state index contributed by atoms with van der Waals surface area (Å²) in [5, 5.41) is 0. The third-order valence-corrected chi connectivity index (χ3v) is 8.92. The van der Waals surface area contributed by atoms with Gasteiger partial charge in [0.25, 0.3) is 0 Å². The van der Waals surface area contributed by atoms with Gasteiger partial charge in [0.15, 0.2) is 0 Å². The Morgan fingerprint density at radius 1 is 0.579 bits per heavy atom. The summed E-state index contributed by atoms with van der Waals surface area (Å²) < 4.78 is 7.70. The van der Waals surface area contributed by atoms with Gasteiger partial charge in [0.1, 0.15) is 0 Å². The first-order valence-electron chi connectivity index (χ1n) is 5.15. The normalized spacial score (nSPS) is 11.1. The van der Waals surface area contributed by atoms with E-state index in [1.165, 1.54) is 24.4 Å². The van der Waals surface area contributed by atoms with E-state index in [0.717, 1.165) is 0 Å². The van der Waals surface area contributed by atoms with Crippen molar-refractivity contribution in [1.82, 2.24) is 0 Å². The largest absolute Gasteiger partial charge is 0.122 e. The molecule has 19 heavy (non-hydrogen) atoms. The van der Waals surface area contributed by atoms with Crippen LogP contribution in [0.3, 0.4) is 0 Å². The van der Waals surface area contributed by atoms with Crippen molar-refractivity contribution in [3.05, 3.63) is 44.0 Å². The van der Waals surface area contributed by atoms with Gasteiger partial charge in [-0.05, 0) is 68.3 Å². The summed E-state index contributed by atoms with van der Waals surface area (Å²) in [6.45, 7) is 0. The molecule has 7 heteroatoms. The van der Waals surface area contributed by atoms with Crippen molar-refractivity contribution in [1.29, 1.82) is 0 Å². The first-order chi connectivity index (χ1) is 9.19. The average Bonchev–Trinajstić information content (AvgIpc) is 3.05. The van der Waals surface area contributed by atoms with Crippen LogP contribution in [0.2, 0.25) is 0 Å². The van der Waals surface area contributed by atoms with Crippen LogP contribution < -0.4 is 0 Å². The molecule has 0 aliphatic carbocycles. The van der Waals surface area contributed by atoms with Crippen LogP contribution in [0.25, 0.3) is 0 Å². The molecule has 0 aliphatic rings. The van der Waals surface area contributed by atoms with Crippen LogP contribution in [0, 0.1) is 0 Å². The number of hydrogen-bond acceptors (Lipinski definition) is 5. The predicted octanol–water partition coefficient (Wildman–Crippen LogP) is 7.70. The van der Waals surface area contributed by atoms with E-state index in [0.29, 0.717) is 0 Å². The summed E-state index contributed by atoms with van der Waals surface area (Å²) in [4.78, 5) is 0. The molecular formula is C12H6Br2S5. The molecule has 0 fully saturated rings. The third-order valence-electron chi connectivity index (χ3n) is 2.06. The Morgan fingerprint density at radius 3 is 1.32 bits per heavy atom. The van der Waals surface area contributed by atoms with Gasteiger partial charge in [0, 0.05) is 0 Å². The highest BCUT2D eigenvalue weighted by Gasteiger charge is 2.07. The summed E-state index contributed by atoms with van der Waals surface area (Å²) in [5.74, 6) is 0. The van der Waals surface area contributed by atoms with Crippen molar-refractivity contribution >= 4 is 89.4 Å². The van der Waals surface area contributed by atoms with E-state index in [2.05, 4.69) is 68.3 Å². The summed E-state index contributed by atoms with van der Waals surface area (Å²) in [6, 6.07) is 12.9. The number of hydrogen-bond donors (Lipinski definition) is 0. The van der Waals surface area contributed by atoms with Crippen LogP contribution in [0.15, 0.2) is 60.8 Å². The first kappa shape index (κ1) is 14.7. The van der Waals surface area contributed by atoms with E-state index < -0.39 is 0 Å². The Hall–Kier alpha value is 0.760. The first-order valence-corrected chi connectivity index (χ1v) is 10.8. The van der Waals surface area contributed by atoms with E-state index in [1.54, 1.807) is 22.7 Å². The molecule has 0 atom stereocenters. The average molecular weight is 470 g/mol. The fourth-order valence-electron chi connectivity index (χ4n) is 1.32. The molecule has 0 amide bonds. The van der Waals surface area contributed by atoms with Crippen LogP contribution in [0.4, 0.5) is 0 Å². The zero-order valence-electron chi connectivity index (χ0n) is 9.26. The second-order valence-electron chi connectivity index (χ2n) is 3.39. The minimum Gasteiger partial charge on any atom is -0.122 e. The summed E-state index contributed by atoms with van der Waals surface area (Å²) in [5.41, 5.74) is 0. The lowest BCUT2D eigenvalue weighted by atomic mass is 10.7. The smallest absolute Gasteiger partial charge is 0.0710 e. The van der Waals surface area contributed by atoms with Gasteiger partial charge in [-0.3, -0.25) is 0 Å². The van der Waals surface area contributed by atoms with Gasteiger partial charge >= 0.3 is 0 Å². The van der Waals surface area contributed by atoms with Gasteiger partial charge in [-0.15, -0.1) is 34.0 Å². The quantitative estimate of drug-likeness (QED) is 0.383. The maximum absolute atomic E-state index is 3.50. The van der Waals surface area contributed by atoms with Crippen molar-refractivity contribution in [2.24, 2.45) is 0 Å². The number of rotatable bonds is 4. The van der Waals surface area contributed by atoms with E-state index in [1.807, 2.05) is 34.9 Å². The zero-order chi connectivity index (χ0) is 13.2. The molecule has 0 aromatic carbocycles. The van der Waals surface area contributed by atoms with E-state index in [4.69, 9.17) is 0 Å². The minimum absolute atomic E-state index is 1.18. The van der Waals surface area contributed by atoms with Crippen molar-refractivity contribution < 1.29 is 0 Å². The van der Waals surface area contributed by atoms with Gasteiger partial charge in [-0.2, -0.15) is 0 Å². The van der Waals surface area contributed by atoms with Gasteiger partial charge < -0.3 is 0 Å². The van der Waals surface area contributed by atoms with Crippen LogP contribution in [0.5, 0.6) is 0 Å². The maximum atomic E-state index is 3.50. The number of halogens is 2. The van der Waals surface area contributed by atoms with Crippen LogP contribution in [-0.4, -0.2) is 0 Å². The molecule has 3 aromatic heterocycles. The zero-order valence-corrected chi connectivity index (χ0v) is 16.5. The van der Waals surface area contributed by atoms with Gasteiger partial charge in [0.2, 0.25) is 0 Å². The monoisotopic (exact) mass is 468 g/mol. The third kappa shape index (κ3) is 4.12. The lowest BCUT2D eigenvalue weighted by Gasteiger charge is -1.93. The van der Waals surface area contributed by atoms with Crippen LogP contribution in [-0.2, 0) is 0 Å². The molecule has 0 bridgehead atoms. The highest BCUT2D eigenvalue weighted by atomic mass is 79.9. The highest BCUT2D eigenvalue weighted by molar-refractivity contribution is 9.11. The topological polar surface area (TPSA) is 0 Å². The Bertz CT molecular complexity index is 625. The molecule has 3 rings (SSSR count). The number of thiophene rings is 3. The van der Waals surface area contributed by atoms with E-state index >= 15 is 0 Å². The summed E-state index contributed by atoms with van der Waals surface area (Å²) >= 11 is 16.1. The van der Waals surface area contributed by atoms with Gasteiger partial charge in [0.05, 0.1) is 24.4 Å². The second kappa shape index (κ2) is 6.68.